The molecule has 1 aliphatic rings. The van der Waals surface area contributed by atoms with Crippen molar-refractivity contribution in [2.24, 2.45) is 0 Å². The second-order valence-corrected chi connectivity index (χ2v) is 6.57. The average molecular weight is 381 g/mol. The molecule has 1 heterocycles. The first kappa shape index (κ1) is 24.4. The lowest BCUT2D eigenvalue weighted by Gasteiger charge is -2.35. The van der Waals surface area contributed by atoms with Gasteiger partial charge in [0.1, 0.15) is 24.3 Å². The van der Waals surface area contributed by atoms with Crippen molar-refractivity contribution in [1.29, 1.82) is 0 Å². The summed E-state index contributed by atoms with van der Waals surface area (Å²) < 4.78 is 15.2. The zero-order valence-corrected chi connectivity index (χ0v) is 17.2. The third-order valence-corrected chi connectivity index (χ3v) is 3.60. The second-order valence-electron chi connectivity index (χ2n) is 6.57. The molecule has 1 atom stereocenters. The first-order valence-electron chi connectivity index (χ1n) is 8.78. The van der Waals surface area contributed by atoms with Gasteiger partial charge in [0.15, 0.2) is 0 Å². The highest BCUT2D eigenvalue weighted by molar-refractivity contribution is 5.83. The van der Waals surface area contributed by atoms with E-state index in [2.05, 4.69) is 13.2 Å². The number of ether oxygens (including phenoxy) is 3. The fourth-order valence-corrected chi connectivity index (χ4v) is 2.57. The molecule has 0 saturated carbocycles. The SMILES string of the molecule is C=C/C=C(\C=C)C1(CC(=O)OC)COC(=O)N1CC(=O)OC(C)(C)C.CC. The third kappa shape index (κ3) is 6.58. The molecule has 1 rings (SSSR count). The Morgan fingerprint density at radius 3 is 2.30 bits per heavy atom. The summed E-state index contributed by atoms with van der Waals surface area (Å²) in [5.74, 6) is -1.16. The summed E-state index contributed by atoms with van der Waals surface area (Å²) >= 11 is 0. The van der Waals surface area contributed by atoms with Crippen LogP contribution in [0.25, 0.3) is 0 Å². The number of hydrogen-bond acceptors (Lipinski definition) is 6. The summed E-state index contributed by atoms with van der Waals surface area (Å²) in [5, 5.41) is 0. The summed E-state index contributed by atoms with van der Waals surface area (Å²) in [4.78, 5) is 37.6. The van der Waals surface area contributed by atoms with Gasteiger partial charge in [-0.05, 0) is 26.3 Å². The Labute approximate surface area is 161 Å². The molecule has 27 heavy (non-hydrogen) atoms. The zero-order chi connectivity index (χ0) is 21.3. The topological polar surface area (TPSA) is 82.1 Å². The average Bonchev–Trinajstić information content (AvgIpc) is 2.90. The van der Waals surface area contributed by atoms with Gasteiger partial charge in [0.2, 0.25) is 0 Å². The van der Waals surface area contributed by atoms with E-state index in [1.807, 2.05) is 13.8 Å². The Morgan fingerprint density at radius 2 is 1.85 bits per heavy atom. The van der Waals surface area contributed by atoms with Gasteiger partial charge < -0.3 is 14.2 Å². The molecule has 0 aromatic carbocycles. The van der Waals surface area contributed by atoms with Crippen LogP contribution in [0.3, 0.4) is 0 Å². The lowest BCUT2D eigenvalue weighted by atomic mass is 9.85. The van der Waals surface area contributed by atoms with E-state index in [-0.39, 0.29) is 19.6 Å². The van der Waals surface area contributed by atoms with Crippen LogP contribution in [0.4, 0.5) is 4.79 Å². The standard InChI is InChI=1S/C18H25NO6.C2H6/c1-7-9-13(8-2)18(10-14(20)23-6)12-24-16(22)19(18)11-15(21)25-17(3,4)5;1-2/h7-9H,1-2,10-12H2,3-6H3;1-2H3/b13-9+;. The van der Waals surface area contributed by atoms with Gasteiger partial charge in [-0.25, -0.2) is 4.79 Å². The Balaban J connectivity index is 0.00000326. The predicted molar refractivity (Wildman–Crippen MR) is 103 cm³/mol. The van der Waals surface area contributed by atoms with Crippen LogP contribution >= 0.6 is 0 Å². The van der Waals surface area contributed by atoms with Gasteiger partial charge in [-0.1, -0.05) is 45.2 Å². The van der Waals surface area contributed by atoms with Crippen LogP contribution in [0.2, 0.25) is 0 Å². The van der Waals surface area contributed by atoms with E-state index >= 15 is 0 Å². The molecule has 1 fully saturated rings. The molecule has 0 aliphatic carbocycles. The number of amides is 1. The molecule has 0 radical (unpaired) electrons. The van der Waals surface area contributed by atoms with E-state index in [1.54, 1.807) is 26.8 Å². The van der Waals surface area contributed by atoms with Gasteiger partial charge in [-0.15, -0.1) is 0 Å². The van der Waals surface area contributed by atoms with E-state index < -0.39 is 29.2 Å². The lowest BCUT2D eigenvalue weighted by Crippen LogP contribution is -2.52. The third-order valence-electron chi connectivity index (χ3n) is 3.60. The molecule has 7 nitrogen and oxygen atoms in total. The van der Waals surface area contributed by atoms with Gasteiger partial charge in [-0.3, -0.25) is 14.5 Å². The number of nitrogens with zero attached hydrogens (tertiary/aromatic N) is 1. The van der Waals surface area contributed by atoms with E-state index in [0.717, 1.165) is 0 Å². The van der Waals surface area contributed by atoms with Crippen LogP contribution in [0.5, 0.6) is 0 Å². The van der Waals surface area contributed by atoms with Crippen LogP contribution in [0, 0.1) is 0 Å². The van der Waals surface area contributed by atoms with Crippen molar-refractivity contribution in [3.05, 3.63) is 37.0 Å². The molecular weight excluding hydrogens is 350 g/mol. The Morgan fingerprint density at radius 1 is 1.26 bits per heavy atom. The summed E-state index contributed by atoms with van der Waals surface area (Å²) in [6.45, 7) is 16.0. The molecular formula is C20H31NO6. The molecule has 1 saturated heterocycles. The fraction of sp³-hybridized carbons (Fsp3) is 0.550. The monoisotopic (exact) mass is 381 g/mol. The van der Waals surface area contributed by atoms with E-state index in [9.17, 15) is 14.4 Å². The molecule has 0 N–H and O–H groups in total. The van der Waals surface area contributed by atoms with Crippen molar-refractivity contribution >= 4 is 18.0 Å². The lowest BCUT2D eigenvalue weighted by molar-refractivity contribution is -0.157. The van der Waals surface area contributed by atoms with Gasteiger partial charge in [-0.2, -0.15) is 0 Å². The predicted octanol–water partition coefficient (Wildman–Crippen LogP) is 3.41. The van der Waals surface area contributed by atoms with Gasteiger partial charge in [0, 0.05) is 0 Å². The molecule has 0 aromatic rings. The molecule has 1 unspecified atom stereocenters. The maximum Gasteiger partial charge on any atom is 0.411 e. The number of hydrogen-bond donors (Lipinski definition) is 0. The number of allylic oxidation sites excluding steroid dienone is 2. The van der Waals surface area contributed by atoms with Crippen LogP contribution < -0.4 is 0 Å². The van der Waals surface area contributed by atoms with Gasteiger partial charge in [0.05, 0.1) is 13.5 Å². The Bertz CT molecular complexity index is 602. The smallest absolute Gasteiger partial charge is 0.411 e. The van der Waals surface area contributed by atoms with Crippen molar-refractivity contribution in [1.82, 2.24) is 4.90 Å². The van der Waals surface area contributed by atoms with Crippen molar-refractivity contribution in [3.63, 3.8) is 0 Å². The molecule has 1 amide bonds. The maximum absolute atomic E-state index is 12.2. The summed E-state index contributed by atoms with van der Waals surface area (Å²) in [6.07, 6.45) is 3.70. The van der Waals surface area contributed by atoms with Crippen LogP contribution in [0.15, 0.2) is 37.0 Å². The number of esters is 2. The maximum atomic E-state index is 12.2. The van der Waals surface area contributed by atoms with Gasteiger partial charge >= 0.3 is 18.0 Å². The van der Waals surface area contributed by atoms with Crippen molar-refractivity contribution in [2.45, 2.75) is 52.2 Å². The van der Waals surface area contributed by atoms with E-state index in [4.69, 9.17) is 14.2 Å². The quantitative estimate of drug-likeness (QED) is 0.382. The summed E-state index contributed by atoms with van der Waals surface area (Å²) in [5.41, 5.74) is -1.40. The fourth-order valence-electron chi connectivity index (χ4n) is 2.57. The molecule has 0 spiro atoms. The van der Waals surface area contributed by atoms with Crippen molar-refractivity contribution in [2.75, 3.05) is 20.3 Å². The summed E-state index contributed by atoms with van der Waals surface area (Å²) in [7, 11) is 1.25. The number of carbonyl (C=O) groups excluding carboxylic acids is 3. The number of methoxy groups -OCH3 is 1. The largest absolute Gasteiger partial charge is 0.469 e. The minimum absolute atomic E-state index is 0.116. The molecule has 1 aliphatic heterocycles. The first-order valence-corrected chi connectivity index (χ1v) is 8.78. The number of carbonyl (C=O) groups is 3. The number of cyclic esters (lactones) is 1. The molecule has 0 aromatic heterocycles. The van der Waals surface area contributed by atoms with Crippen LogP contribution in [-0.2, 0) is 23.8 Å². The summed E-state index contributed by atoms with van der Waals surface area (Å²) in [6, 6.07) is 0. The van der Waals surface area contributed by atoms with E-state index in [1.165, 1.54) is 24.2 Å². The molecule has 152 valence electrons. The van der Waals surface area contributed by atoms with Gasteiger partial charge in [0.25, 0.3) is 0 Å². The highest BCUT2D eigenvalue weighted by Gasteiger charge is 2.51. The van der Waals surface area contributed by atoms with Crippen LogP contribution in [0.1, 0.15) is 41.0 Å². The van der Waals surface area contributed by atoms with E-state index in [0.29, 0.717) is 5.57 Å². The minimum Gasteiger partial charge on any atom is -0.469 e. The second kappa shape index (κ2) is 10.5. The van der Waals surface area contributed by atoms with Crippen molar-refractivity contribution in [3.8, 4) is 0 Å². The highest BCUT2D eigenvalue weighted by Crippen LogP contribution is 2.36. The Hall–Kier alpha value is -2.57. The highest BCUT2D eigenvalue weighted by atomic mass is 16.6. The zero-order valence-electron chi connectivity index (χ0n) is 17.2. The molecule has 7 heteroatoms. The van der Waals surface area contributed by atoms with Crippen LogP contribution in [-0.4, -0.2) is 54.3 Å². The first-order chi connectivity index (χ1) is 12.6. The number of rotatable bonds is 7. The normalized spacial score (nSPS) is 19.4. The van der Waals surface area contributed by atoms with Crippen molar-refractivity contribution < 1.29 is 28.6 Å². The molecule has 0 bridgehead atoms. The Kier molecular flexibility index (Phi) is 9.54. The minimum atomic E-state index is -1.21.